The van der Waals surface area contributed by atoms with Gasteiger partial charge in [-0.15, -0.1) is 24.0 Å². The Morgan fingerprint density at radius 1 is 1.03 bits per heavy atom. The fraction of sp³-hybridized carbons (Fsp3) is 0.870. The minimum atomic E-state index is -0.906. The van der Waals surface area contributed by atoms with E-state index in [4.69, 9.17) is 4.74 Å². The van der Waals surface area contributed by atoms with E-state index >= 15 is 0 Å². The number of aliphatic hydroxyl groups excluding tert-OH is 2. The Bertz CT molecular complexity index is 724. The molecule has 29 heavy (non-hydrogen) atoms. The molecule has 0 bridgehead atoms. The number of ether oxygens (including phenoxy) is 1. The van der Waals surface area contributed by atoms with Crippen LogP contribution in [0.25, 0.3) is 0 Å². The molecule has 0 aromatic heterocycles. The SMILES string of the molecule is C[C@]12CC[C@H](O)C[C@H]1CC[C@@H]1[C@@H]2C[C@@H](O)[C@]2(C)[C@@H](C3=CC(=O)OC3)CC[C@]12O.I. The maximum absolute atomic E-state index is 12.1. The van der Waals surface area contributed by atoms with Crippen molar-refractivity contribution in [3.8, 4) is 0 Å². The third kappa shape index (κ3) is 2.84. The summed E-state index contributed by atoms with van der Waals surface area (Å²) in [4.78, 5) is 11.6. The summed E-state index contributed by atoms with van der Waals surface area (Å²) in [6, 6.07) is 0. The predicted octanol–water partition coefficient (Wildman–Crippen LogP) is 3.19. The number of halogens is 1. The average molecular weight is 518 g/mol. The summed E-state index contributed by atoms with van der Waals surface area (Å²) in [6.45, 7) is 4.69. The molecule has 5 nitrogen and oxygen atoms in total. The Morgan fingerprint density at radius 3 is 2.48 bits per heavy atom. The Morgan fingerprint density at radius 2 is 1.79 bits per heavy atom. The summed E-state index contributed by atoms with van der Waals surface area (Å²) in [6.07, 6.45) is 7.69. The smallest absolute Gasteiger partial charge is 0.331 e. The van der Waals surface area contributed by atoms with Gasteiger partial charge in [0.1, 0.15) is 6.61 Å². The molecule has 4 fully saturated rings. The van der Waals surface area contributed by atoms with E-state index in [1.165, 1.54) is 0 Å². The minimum Gasteiger partial charge on any atom is -0.458 e. The first-order chi connectivity index (χ1) is 13.2. The first kappa shape index (κ1) is 22.0. The Hall–Kier alpha value is -0.180. The molecule has 5 rings (SSSR count). The third-order valence-electron chi connectivity index (χ3n) is 10.0. The second-order valence-electron chi connectivity index (χ2n) is 10.8. The number of cyclic esters (lactones) is 1. The van der Waals surface area contributed by atoms with Gasteiger partial charge in [-0.3, -0.25) is 0 Å². The summed E-state index contributed by atoms with van der Waals surface area (Å²) in [5.41, 5.74) is -0.507. The quantitative estimate of drug-likeness (QED) is 0.367. The normalized spacial score (nSPS) is 53.8. The van der Waals surface area contributed by atoms with Crippen LogP contribution in [0.2, 0.25) is 0 Å². The van der Waals surface area contributed by atoms with Crippen LogP contribution in [0.5, 0.6) is 0 Å². The molecule has 0 radical (unpaired) electrons. The van der Waals surface area contributed by atoms with Gasteiger partial charge in [-0.1, -0.05) is 13.8 Å². The zero-order chi connectivity index (χ0) is 19.9. The molecule has 3 N–H and O–H groups in total. The van der Waals surface area contributed by atoms with E-state index in [2.05, 4.69) is 6.92 Å². The van der Waals surface area contributed by atoms with Gasteiger partial charge in [0.25, 0.3) is 0 Å². The zero-order valence-electron chi connectivity index (χ0n) is 17.5. The number of hydrogen-bond acceptors (Lipinski definition) is 5. The summed E-state index contributed by atoms with van der Waals surface area (Å²) in [5.74, 6) is 0.657. The van der Waals surface area contributed by atoms with Gasteiger partial charge in [0.15, 0.2) is 0 Å². The molecule has 5 aliphatic rings. The van der Waals surface area contributed by atoms with E-state index in [1.807, 2.05) is 6.92 Å². The Balaban J connectivity index is 0.00000205. The molecular formula is C23H35IO5. The number of rotatable bonds is 1. The highest BCUT2D eigenvalue weighted by Gasteiger charge is 2.70. The number of esters is 1. The number of carbonyl (C=O) groups excluding carboxylic acids is 1. The standard InChI is InChI=1S/C23H34O5.HI/c1-21-7-5-15(24)10-14(21)3-4-17-18(21)11-19(25)22(2)16(6-8-23(17,22)27)13-9-20(26)28-12-13;/h9,14-19,24-25,27H,3-8,10-12H2,1-2H3;1H/t14-,15+,16-,17-,18+,19-,21+,22+,23+;/m1./s1. The minimum absolute atomic E-state index is 0. The van der Waals surface area contributed by atoms with E-state index < -0.39 is 17.1 Å². The maximum Gasteiger partial charge on any atom is 0.331 e. The van der Waals surface area contributed by atoms with Crippen molar-refractivity contribution in [3.05, 3.63) is 11.6 Å². The monoisotopic (exact) mass is 518 g/mol. The summed E-state index contributed by atoms with van der Waals surface area (Å²) >= 11 is 0. The Kier molecular flexibility index (Phi) is 5.45. The molecule has 164 valence electrons. The van der Waals surface area contributed by atoms with E-state index in [-0.39, 0.29) is 53.3 Å². The van der Waals surface area contributed by atoms with Crippen LogP contribution in [-0.2, 0) is 9.53 Å². The number of hydrogen-bond donors (Lipinski definition) is 3. The van der Waals surface area contributed by atoms with Gasteiger partial charge in [0.05, 0.1) is 17.8 Å². The van der Waals surface area contributed by atoms with Crippen LogP contribution in [0.15, 0.2) is 11.6 Å². The molecule has 9 atom stereocenters. The molecule has 0 saturated heterocycles. The van der Waals surface area contributed by atoms with Gasteiger partial charge in [-0.25, -0.2) is 4.79 Å². The van der Waals surface area contributed by atoms with Gasteiger partial charge in [-0.05, 0) is 86.0 Å². The van der Waals surface area contributed by atoms with Crippen LogP contribution in [0, 0.1) is 34.5 Å². The van der Waals surface area contributed by atoms with Crippen LogP contribution in [0.4, 0.5) is 0 Å². The first-order valence-corrected chi connectivity index (χ1v) is 11.2. The second-order valence-corrected chi connectivity index (χ2v) is 10.8. The molecule has 6 heteroatoms. The van der Waals surface area contributed by atoms with Gasteiger partial charge in [-0.2, -0.15) is 0 Å². The van der Waals surface area contributed by atoms with Crippen molar-refractivity contribution in [2.75, 3.05) is 6.61 Å². The van der Waals surface area contributed by atoms with Gasteiger partial charge in [0, 0.05) is 11.5 Å². The van der Waals surface area contributed by atoms with Gasteiger partial charge in [0.2, 0.25) is 0 Å². The van der Waals surface area contributed by atoms with E-state index in [0.717, 1.165) is 44.1 Å². The molecule has 0 aromatic carbocycles. The molecule has 0 unspecified atom stereocenters. The van der Waals surface area contributed by atoms with Crippen molar-refractivity contribution in [2.45, 2.75) is 83.0 Å². The summed E-state index contributed by atoms with van der Waals surface area (Å²) < 4.78 is 5.16. The highest BCUT2D eigenvalue weighted by molar-refractivity contribution is 14.0. The number of carbonyl (C=O) groups is 1. The summed E-state index contributed by atoms with van der Waals surface area (Å²) in [7, 11) is 0. The molecular weight excluding hydrogens is 483 g/mol. The number of fused-ring (bicyclic) bond motifs is 5. The van der Waals surface area contributed by atoms with Crippen LogP contribution < -0.4 is 0 Å². The fourth-order valence-corrected chi connectivity index (χ4v) is 8.37. The number of aliphatic hydroxyl groups is 3. The van der Waals surface area contributed by atoms with Crippen molar-refractivity contribution in [3.63, 3.8) is 0 Å². The molecule has 1 aliphatic heterocycles. The fourth-order valence-electron chi connectivity index (χ4n) is 8.37. The van der Waals surface area contributed by atoms with Gasteiger partial charge < -0.3 is 20.1 Å². The Labute approximate surface area is 190 Å². The lowest BCUT2D eigenvalue weighted by Gasteiger charge is -2.64. The van der Waals surface area contributed by atoms with Gasteiger partial charge >= 0.3 is 5.97 Å². The van der Waals surface area contributed by atoms with Crippen LogP contribution in [-0.4, -0.2) is 45.7 Å². The second kappa shape index (κ2) is 7.17. The largest absolute Gasteiger partial charge is 0.458 e. The zero-order valence-corrected chi connectivity index (χ0v) is 19.8. The highest BCUT2D eigenvalue weighted by Crippen LogP contribution is 2.69. The van der Waals surface area contributed by atoms with E-state index in [9.17, 15) is 20.1 Å². The third-order valence-corrected chi connectivity index (χ3v) is 10.0. The molecule has 0 aromatic rings. The van der Waals surface area contributed by atoms with E-state index in [1.54, 1.807) is 6.08 Å². The van der Waals surface area contributed by atoms with Crippen LogP contribution in [0.1, 0.15) is 65.2 Å². The molecule has 1 heterocycles. The average Bonchev–Trinajstić information content (AvgIpc) is 3.19. The predicted molar refractivity (Wildman–Crippen MR) is 119 cm³/mol. The van der Waals surface area contributed by atoms with Crippen molar-refractivity contribution in [2.24, 2.45) is 34.5 Å². The van der Waals surface area contributed by atoms with Crippen molar-refractivity contribution in [1.82, 2.24) is 0 Å². The lowest BCUT2D eigenvalue weighted by molar-refractivity contribution is -0.244. The van der Waals surface area contributed by atoms with Crippen LogP contribution >= 0.6 is 24.0 Å². The van der Waals surface area contributed by atoms with Crippen molar-refractivity contribution >= 4 is 29.9 Å². The molecule has 0 amide bonds. The maximum atomic E-state index is 12.1. The topological polar surface area (TPSA) is 87.0 Å². The lowest BCUT2D eigenvalue weighted by atomic mass is 9.42. The molecule has 4 saturated carbocycles. The summed E-state index contributed by atoms with van der Waals surface area (Å²) in [5, 5.41) is 33.7. The lowest BCUT2D eigenvalue weighted by Crippen LogP contribution is -2.67. The van der Waals surface area contributed by atoms with Crippen LogP contribution in [0.3, 0.4) is 0 Å². The first-order valence-electron chi connectivity index (χ1n) is 11.2. The van der Waals surface area contributed by atoms with E-state index in [0.29, 0.717) is 31.3 Å². The molecule has 0 spiro atoms. The van der Waals surface area contributed by atoms with Crippen molar-refractivity contribution in [1.29, 1.82) is 0 Å². The highest BCUT2D eigenvalue weighted by atomic mass is 127. The van der Waals surface area contributed by atoms with Crippen molar-refractivity contribution < 1.29 is 24.9 Å². The molecule has 4 aliphatic carbocycles.